The molecule has 0 spiro atoms. The van der Waals surface area contributed by atoms with Gasteiger partial charge >= 0.3 is 0 Å². The molecule has 0 atom stereocenters. The first kappa shape index (κ1) is 14.0. The standard InChI is InChI=1S/C16H14ClFN2O/c17-13-2-1-3-14(18)15(13)20-16(21)11-5-4-10-6-7-19-9-12(10)8-11/h1-5,8,19H,6-7,9H2,(H,20,21). The molecule has 3 rings (SSSR count). The molecule has 0 bridgehead atoms. The van der Waals surface area contributed by atoms with Crippen molar-refractivity contribution in [2.24, 2.45) is 0 Å². The van der Waals surface area contributed by atoms with Gasteiger partial charge in [-0.15, -0.1) is 0 Å². The third-order valence-electron chi connectivity index (χ3n) is 3.56. The van der Waals surface area contributed by atoms with E-state index in [9.17, 15) is 9.18 Å². The second-order valence-corrected chi connectivity index (χ2v) is 5.37. The summed E-state index contributed by atoms with van der Waals surface area (Å²) in [6.07, 6.45) is 0.955. The number of nitrogens with one attached hydrogen (secondary N) is 2. The van der Waals surface area contributed by atoms with E-state index in [0.717, 1.165) is 25.1 Å². The summed E-state index contributed by atoms with van der Waals surface area (Å²) in [4.78, 5) is 12.2. The van der Waals surface area contributed by atoms with E-state index in [1.54, 1.807) is 6.07 Å². The molecule has 1 aliphatic heterocycles. The molecule has 5 heteroatoms. The maximum Gasteiger partial charge on any atom is 0.255 e. The highest BCUT2D eigenvalue weighted by Gasteiger charge is 2.15. The van der Waals surface area contributed by atoms with Gasteiger partial charge in [0, 0.05) is 12.1 Å². The Kier molecular flexibility index (Phi) is 3.90. The van der Waals surface area contributed by atoms with Gasteiger partial charge in [0.25, 0.3) is 5.91 Å². The van der Waals surface area contributed by atoms with Crippen LogP contribution in [0.2, 0.25) is 5.02 Å². The van der Waals surface area contributed by atoms with Crippen molar-refractivity contribution in [1.29, 1.82) is 0 Å². The van der Waals surface area contributed by atoms with E-state index < -0.39 is 5.82 Å². The molecule has 0 aliphatic carbocycles. The van der Waals surface area contributed by atoms with Crippen molar-refractivity contribution in [2.75, 3.05) is 11.9 Å². The van der Waals surface area contributed by atoms with Gasteiger partial charge in [0.2, 0.25) is 0 Å². The van der Waals surface area contributed by atoms with Crippen molar-refractivity contribution in [2.45, 2.75) is 13.0 Å². The third-order valence-corrected chi connectivity index (χ3v) is 3.87. The Balaban J connectivity index is 1.86. The predicted octanol–water partition coefficient (Wildman–Crippen LogP) is 3.38. The van der Waals surface area contributed by atoms with Gasteiger partial charge in [0.15, 0.2) is 0 Å². The minimum absolute atomic E-state index is 0.0139. The van der Waals surface area contributed by atoms with Gasteiger partial charge in [-0.2, -0.15) is 0 Å². The van der Waals surface area contributed by atoms with Crippen LogP contribution in [0.25, 0.3) is 0 Å². The van der Waals surface area contributed by atoms with Crippen LogP contribution in [-0.4, -0.2) is 12.5 Å². The van der Waals surface area contributed by atoms with E-state index in [2.05, 4.69) is 10.6 Å². The summed E-state index contributed by atoms with van der Waals surface area (Å²) in [6, 6.07) is 9.85. The van der Waals surface area contributed by atoms with E-state index in [1.807, 2.05) is 12.1 Å². The lowest BCUT2D eigenvalue weighted by Crippen LogP contribution is -2.24. The number of fused-ring (bicyclic) bond motifs is 1. The molecule has 0 unspecified atom stereocenters. The molecular weight excluding hydrogens is 291 g/mol. The first-order valence-corrected chi connectivity index (χ1v) is 7.11. The molecule has 0 aromatic heterocycles. The van der Waals surface area contributed by atoms with E-state index in [4.69, 9.17) is 11.6 Å². The minimum atomic E-state index is -0.546. The van der Waals surface area contributed by atoms with Crippen molar-refractivity contribution in [3.05, 3.63) is 63.9 Å². The summed E-state index contributed by atoms with van der Waals surface area (Å²) in [5.74, 6) is -0.911. The number of rotatable bonds is 2. The molecule has 21 heavy (non-hydrogen) atoms. The molecule has 0 saturated carbocycles. The van der Waals surface area contributed by atoms with E-state index in [-0.39, 0.29) is 16.6 Å². The van der Waals surface area contributed by atoms with Gasteiger partial charge in [0.05, 0.1) is 10.7 Å². The highest BCUT2D eigenvalue weighted by atomic mass is 35.5. The van der Waals surface area contributed by atoms with Crippen molar-refractivity contribution >= 4 is 23.2 Å². The number of carbonyl (C=O) groups excluding carboxylic acids is 1. The number of para-hydroxylation sites is 1. The van der Waals surface area contributed by atoms with Gasteiger partial charge in [-0.3, -0.25) is 4.79 Å². The fourth-order valence-corrected chi connectivity index (χ4v) is 2.63. The molecule has 2 N–H and O–H groups in total. The lowest BCUT2D eigenvalue weighted by atomic mass is 9.98. The quantitative estimate of drug-likeness (QED) is 0.893. The van der Waals surface area contributed by atoms with Crippen LogP contribution in [0.15, 0.2) is 36.4 Å². The summed E-state index contributed by atoms with van der Waals surface area (Å²) >= 11 is 5.91. The summed E-state index contributed by atoms with van der Waals surface area (Å²) in [5.41, 5.74) is 2.86. The van der Waals surface area contributed by atoms with Crippen LogP contribution >= 0.6 is 11.6 Å². The average Bonchev–Trinajstić information content (AvgIpc) is 2.50. The molecule has 2 aromatic carbocycles. The first-order valence-electron chi connectivity index (χ1n) is 6.73. The highest BCUT2D eigenvalue weighted by molar-refractivity contribution is 6.34. The number of anilines is 1. The number of amides is 1. The Morgan fingerprint density at radius 2 is 2.10 bits per heavy atom. The Morgan fingerprint density at radius 3 is 2.90 bits per heavy atom. The minimum Gasteiger partial charge on any atom is -0.318 e. The summed E-state index contributed by atoms with van der Waals surface area (Å²) < 4.78 is 13.7. The maximum absolute atomic E-state index is 13.7. The van der Waals surface area contributed by atoms with Crippen molar-refractivity contribution < 1.29 is 9.18 Å². The number of hydrogen-bond acceptors (Lipinski definition) is 2. The molecule has 108 valence electrons. The summed E-state index contributed by atoms with van der Waals surface area (Å²) in [7, 11) is 0. The summed E-state index contributed by atoms with van der Waals surface area (Å²) in [6.45, 7) is 1.69. The number of hydrogen-bond donors (Lipinski definition) is 2. The van der Waals surface area contributed by atoms with Gasteiger partial charge in [0.1, 0.15) is 5.82 Å². The van der Waals surface area contributed by atoms with Crippen LogP contribution in [0.5, 0.6) is 0 Å². The van der Waals surface area contributed by atoms with Crippen LogP contribution in [-0.2, 0) is 13.0 Å². The number of benzene rings is 2. The monoisotopic (exact) mass is 304 g/mol. The molecule has 0 fully saturated rings. The Labute approximate surface area is 127 Å². The Bertz CT molecular complexity index is 682. The number of halogens is 2. The molecule has 0 radical (unpaired) electrons. The van der Waals surface area contributed by atoms with Gasteiger partial charge in [-0.05, 0) is 48.4 Å². The first-order chi connectivity index (χ1) is 10.1. The van der Waals surface area contributed by atoms with Crippen LogP contribution in [0.3, 0.4) is 0 Å². The van der Waals surface area contributed by atoms with Crippen LogP contribution in [0, 0.1) is 5.82 Å². The van der Waals surface area contributed by atoms with Crippen molar-refractivity contribution in [1.82, 2.24) is 5.32 Å². The normalized spacial score (nSPS) is 13.6. The third kappa shape index (κ3) is 2.91. The SMILES string of the molecule is O=C(Nc1c(F)cccc1Cl)c1ccc2c(c1)CNCC2. The number of carbonyl (C=O) groups is 1. The highest BCUT2D eigenvalue weighted by Crippen LogP contribution is 2.25. The molecular formula is C16H14ClFN2O. The largest absolute Gasteiger partial charge is 0.318 e. The molecule has 1 aliphatic rings. The fraction of sp³-hybridized carbons (Fsp3) is 0.188. The second kappa shape index (κ2) is 5.84. The van der Waals surface area contributed by atoms with Crippen LogP contribution < -0.4 is 10.6 Å². The molecule has 1 heterocycles. The Morgan fingerprint density at radius 1 is 1.24 bits per heavy atom. The van der Waals surface area contributed by atoms with Gasteiger partial charge in [-0.25, -0.2) is 4.39 Å². The van der Waals surface area contributed by atoms with Crippen molar-refractivity contribution in [3.63, 3.8) is 0 Å². The zero-order valence-electron chi connectivity index (χ0n) is 11.2. The van der Waals surface area contributed by atoms with E-state index in [0.29, 0.717) is 5.56 Å². The van der Waals surface area contributed by atoms with E-state index >= 15 is 0 Å². The molecule has 0 saturated heterocycles. The zero-order chi connectivity index (χ0) is 14.8. The van der Waals surface area contributed by atoms with Crippen LogP contribution in [0.4, 0.5) is 10.1 Å². The maximum atomic E-state index is 13.7. The smallest absolute Gasteiger partial charge is 0.255 e. The second-order valence-electron chi connectivity index (χ2n) is 4.96. The average molecular weight is 305 g/mol. The zero-order valence-corrected chi connectivity index (χ0v) is 12.0. The van der Waals surface area contributed by atoms with E-state index in [1.165, 1.54) is 23.8 Å². The lowest BCUT2D eigenvalue weighted by molar-refractivity contribution is 0.102. The van der Waals surface area contributed by atoms with Gasteiger partial charge in [-0.1, -0.05) is 23.7 Å². The Hall–Kier alpha value is -1.91. The molecule has 2 aromatic rings. The summed E-state index contributed by atoms with van der Waals surface area (Å²) in [5, 5.41) is 5.98. The molecule has 3 nitrogen and oxygen atoms in total. The topological polar surface area (TPSA) is 41.1 Å². The predicted molar refractivity (Wildman–Crippen MR) is 81.2 cm³/mol. The molecule has 1 amide bonds. The van der Waals surface area contributed by atoms with Crippen molar-refractivity contribution in [3.8, 4) is 0 Å². The fourth-order valence-electron chi connectivity index (χ4n) is 2.42. The lowest BCUT2D eigenvalue weighted by Gasteiger charge is -2.17. The van der Waals surface area contributed by atoms with Crippen LogP contribution in [0.1, 0.15) is 21.5 Å². The van der Waals surface area contributed by atoms with Gasteiger partial charge < -0.3 is 10.6 Å².